The minimum atomic E-state index is -0.118. The lowest BCUT2D eigenvalue weighted by Gasteiger charge is -2.13. The fraction of sp³-hybridized carbons (Fsp3) is 0.286. The van der Waals surface area contributed by atoms with Gasteiger partial charge in [0.15, 0.2) is 5.16 Å². The highest BCUT2D eigenvalue weighted by atomic mass is 35.5. The van der Waals surface area contributed by atoms with Gasteiger partial charge in [-0.15, -0.1) is 0 Å². The summed E-state index contributed by atoms with van der Waals surface area (Å²) in [5.74, 6) is 2.29. The van der Waals surface area contributed by atoms with Crippen LogP contribution < -0.4 is 5.56 Å². The van der Waals surface area contributed by atoms with Crippen LogP contribution in [0.15, 0.2) is 55.5 Å². The van der Waals surface area contributed by atoms with Crippen molar-refractivity contribution in [1.82, 2.24) is 14.7 Å². The smallest absolute Gasteiger partial charge is 0.262 e. The van der Waals surface area contributed by atoms with Crippen molar-refractivity contribution in [3.05, 3.63) is 74.7 Å². The third kappa shape index (κ3) is 3.60. The van der Waals surface area contributed by atoms with Crippen molar-refractivity contribution >= 4 is 34.3 Å². The summed E-state index contributed by atoms with van der Waals surface area (Å²) in [7, 11) is 0. The average molecular weight is 428 g/mol. The van der Waals surface area contributed by atoms with Crippen molar-refractivity contribution < 1.29 is 8.94 Å². The maximum absolute atomic E-state index is 13.2. The fourth-order valence-electron chi connectivity index (χ4n) is 3.68. The molecule has 3 aromatic heterocycles. The monoisotopic (exact) mass is 427 g/mol. The molecule has 29 heavy (non-hydrogen) atoms. The van der Waals surface area contributed by atoms with Gasteiger partial charge >= 0.3 is 0 Å². The van der Waals surface area contributed by atoms with Crippen LogP contribution in [0, 0.1) is 0 Å². The topological polar surface area (TPSA) is 74.1 Å². The predicted molar refractivity (Wildman–Crippen MR) is 112 cm³/mol. The lowest BCUT2D eigenvalue weighted by atomic mass is 9.97. The summed E-state index contributed by atoms with van der Waals surface area (Å²) in [5, 5.41) is 5.95. The standard InChI is InChI=1S/C21H18ClN3O3S/c22-13-7-8-16-17(10-13)23-21(25(20(16)26)11-14-4-3-9-27-14)29-12-18-15-5-1-2-6-19(15)28-24-18/h3-4,7-10H,1-2,5-6,11-12H2. The molecule has 0 atom stereocenters. The van der Waals surface area contributed by atoms with Gasteiger partial charge < -0.3 is 8.94 Å². The molecule has 0 amide bonds. The largest absolute Gasteiger partial charge is 0.467 e. The van der Waals surface area contributed by atoms with Crippen LogP contribution in [-0.4, -0.2) is 14.7 Å². The molecule has 0 unspecified atom stereocenters. The average Bonchev–Trinajstić information content (AvgIpc) is 3.38. The molecule has 1 aliphatic carbocycles. The van der Waals surface area contributed by atoms with Crippen molar-refractivity contribution in [2.24, 2.45) is 0 Å². The quantitative estimate of drug-likeness (QED) is 0.335. The van der Waals surface area contributed by atoms with Gasteiger partial charge in [-0.05, 0) is 49.6 Å². The zero-order valence-electron chi connectivity index (χ0n) is 15.6. The van der Waals surface area contributed by atoms with Gasteiger partial charge in [0.2, 0.25) is 0 Å². The number of aromatic nitrogens is 3. The summed E-state index contributed by atoms with van der Waals surface area (Å²) < 4.78 is 12.6. The van der Waals surface area contributed by atoms with Gasteiger partial charge in [-0.1, -0.05) is 28.5 Å². The lowest BCUT2D eigenvalue weighted by Crippen LogP contribution is -2.23. The molecule has 0 saturated heterocycles. The Balaban J connectivity index is 1.54. The number of nitrogens with zero attached hydrogens (tertiary/aromatic N) is 3. The zero-order chi connectivity index (χ0) is 19.8. The van der Waals surface area contributed by atoms with Gasteiger partial charge in [-0.25, -0.2) is 4.98 Å². The van der Waals surface area contributed by atoms with Crippen LogP contribution in [0.3, 0.4) is 0 Å². The van der Waals surface area contributed by atoms with Crippen LogP contribution in [0.4, 0.5) is 0 Å². The summed E-state index contributed by atoms with van der Waals surface area (Å²) in [4.78, 5) is 17.9. The van der Waals surface area contributed by atoms with Gasteiger partial charge in [0, 0.05) is 22.8 Å². The second-order valence-electron chi connectivity index (χ2n) is 7.05. The van der Waals surface area contributed by atoms with E-state index in [1.165, 1.54) is 17.3 Å². The summed E-state index contributed by atoms with van der Waals surface area (Å²) in [6, 6.07) is 8.80. The van der Waals surface area contributed by atoms with Crippen molar-refractivity contribution in [1.29, 1.82) is 0 Å². The third-order valence-electron chi connectivity index (χ3n) is 5.15. The Morgan fingerprint density at radius 2 is 2.10 bits per heavy atom. The Hall–Kier alpha value is -2.51. The van der Waals surface area contributed by atoms with E-state index in [1.54, 1.807) is 29.0 Å². The van der Waals surface area contributed by atoms with Crippen molar-refractivity contribution in [2.45, 2.75) is 43.1 Å². The van der Waals surface area contributed by atoms with E-state index in [4.69, 9.17) is 25.5 Å². The molecular weight excluding hydrogens is 410 g/mol. The highest BCUT2D eigenvalue weighted by Crippen LogP contribution is 2.29. The lowest BCUT2D eigenvalue weighted by molar-refractivity contribution is 0.369. The Labute approximate surface area is 175 Å². The van der Waals surface area contributed by atoms with Gasteiger partial charge in [-0.2, -0.15) is 0 Å². The van der Waals surface area contributed by atoms with Crippen LogP contribution in [0.1, 0.15) is 35.6 Å². The fourth-order valence-corrected chi connectivity index (χ4v) is 4.80. The number of halogens is 1. The molecule has 4 aromatic rings. The van der Waals surface area contributed by atoms with Crippen LogP contribution >= 0.6 is 23.4 Å². The van der Waals surface area contributed by atoms with Crippen molar-refractivity contribution in [3.8, 4) is 0 Å². The van der Waals surface area contributed by atoms with Gasteiger partial charge in [-0.3, -0.25) is 9.36 Å². The maximum atomic E-state index is 13.2. The first-order chi connectivity index (χ1) is 14.2. The first-order valence-electron chi connectivity index (χ1n) is 9.50. The molecule has 0 aliphatic heterocycles. The highest BCUT2D eigenvalue weighted by molar-refractivity contribution is 7.98. The first-order valence-corrected chi connectivity index (χ1v) is 10.9. The Morgan fingerprint density at radius 1 is 1.21 bits per heavy atom. The number of rotatable bonds is 5. The number of thioether (sulfide) groups is 1. The Bertz CT molecular complexity index is 1230. The van der Waals surface area contributed by atoms with Crippen LogP contribution in [0.5, 0.6) is 0 Å². The molecule has 0 saturated carbocycles. The van der Waals surface area contributed by atoms with Crippen molar-refractivity contribution in [3.63, 3.8) is 0 Å². The van der Waals surface area contributed by atoms with E-state index in [2.05, 4.69) is 5.16 Å². The second-order valence-corrected chi connectivity index (χ2v) is 8.43. The summed E-state index contributed by atoms with van der Waals surface area (Å²) >= 11 is 7.60. The molecule has 6 nitrogen and oxygen atoms in total. The molecule has 0 fully saturated rings. The second kappa shape index (κ2) is 7.72. The Morgan fingerprint density at radius 3 is 2.97 bits per heavy atom. The van der Waals surface area contributed by atoms with Gasteiger partial charge in [0.1, 0.15) is 11.5 Å². The third-order valence-corrected chi connectivity index (χ3v) is 6.37. The number of hydrogen-bond donors (Lipinski definition) is 0. The first kappa shape index (κ1) is 18.5. The number of fused-ring (bicyclic) bond motifs is 2. The SMILES string of the molecule is O=c1c2ccc(Cl)cc2nc(SCc2noc3c2CCCC3)n1Cc1ccco1. The molecule has 1 aliphatic rings. The van der Waals surface area contributed by atoms with E-state index < -0.39 is 0 Å². The molecule has 8 heteroatoms. The maximum Gasteiger partial charge on any atom is 0.262 e. The molecule has 0 radical (unpaired) electrons. The molecule has 1 aromatic carbocycles. The van der Waals surface area contributed by atoms with E-state index in [9.17, 15) is 4.79 Å². The normalized spacial score (nSPS) is 13.7. The van der Waals surface area contributed by atoms with Gasteiger partial charge in [0.25, 0.3) is 5.56 Å². The van der Waals surface area contributed by atoms with E-state index in [0.29, 0.717) is 39.1 Å². The van der Waals surface area contributed by atoms with E-state index in [-0.39, 0.29) is 5.56 Å². The Kier molecular flexibility index (Phi) is 4.93. The summed E-state index contributed by atoms with van der Waals surface area (Å²) in [6.45, 7) is 0.316. The minimum absolute atomic E-state index is 0.118. The summed E-state index contributed by atoms with van der Waals surface area (Å²) in [5.41, 5.74) is 2.62. The van der Waals surface area contributed by atoms with Crippen LogP contribution in [-0.2, 0) is 25.1 Å². The van der Waals surface area contributed by atoms with Crippen LogP contribution in [0.25, 0.3) is 10.9 Å². The molecule has 148 valence electrons. The number of hydrogen-bond acceptors (Lipinski definition) is 6. The molecule has 0 bridgehead atoms. The molecular formula is C21H18ClN3O3S. The highest BCUT2D eigenvalue weighted by Gasteiger charge is 2.21. The molecule has 0 N–H and O–H groups in total. The van der Waals surface area contributed by atoms with E-state index in [0.717, 1.165) is 37.1 Å². The minimum Gasteiger partial charge on any atom is -0.467 e. The van der Waals surface area contributed by atoms with E-state index in [1.807, 2.05) is 12.1 Å². The number of benzene rings is 1. The summed E-state index contributed by atoms with van der Waals surface area (Å²) in [6.07, 6.45) is 5.84. The number of aryl methyl sites for hydroxylation is 1. The van der Waals surface area contributed by atoms with Crippen molar-refractivity contribution in [2.75, 3.05) is 0 Å². The predicted octanol–water partition coefficient (Wildman–Crippen LogP) is 4.85. The van der Waals surface area contributed by atoms with E-state index >= 15 is 0 Å². The van der Waals surface area contributed by atoms with Gasteiger partial charge in [0.05, 0.1) is 29.4 Å². The van der Waals surface area contributed by atoms with Crippen LogP contribution in [0.2, 0.25) is 5.02 Å². The molecule has 5 rings (SSSR count). The molecule has 0 spiro atoms. The molecule has 3 heterocycles. The zero-order valence-corrected chi connectivity index (χ0v) is 17.1. The number of furan rings is 1.